The third kappa shape index (κ3) is 5.60. The lowest BCUT2D eigenvalue weighted by Crippen LogP contribution is -2.39. The largest absolute Gasteiger partial charge is 0.493 e. The molecule has 174 valence electrons. The van der Waals surface area contributed by atoms with Crippen LogP contribution in [-0.4, -0.2) is 51.3 Å². The van der Waals surface area contributed by atoms with E-state index in [1.54, 1.807) is 23.2 Å². The lowest BCUT2D eigenvalue weighted by Gasteiger charge is -2.32. The molecule has 4 rings (SSSR count). The molecule has 0 spiro atoms. The number of para-hydroxylation sites is 1. The van der Waals surface area contributed by atoms with Crippen LogP contribution in [0.15, 0.2) is 53.2 Å². The van der Waals surface area contributed by atoms with E-state index in [4.69, 9.17) is 9.26 Å². The third-order valence-corrected chi connectivity index (χ3v) is 5.71. The molecule has 0 saturated carbocycles. The highest BCUT2D eigenvalue weighted by atomic mass is 16.5. The lowest BCUT2D eigenvalue weighted by atomic mass is 10.0. The predicted molar refractivity (Wildman–Crippen MR) is 122 cm³/mol. The monoisotopic (exact) mass is 451 g/mol. The molecule has 33 heavy (non-hydrogen) atoms. The fourth-order valence-electron chi connectivity index (χ4n) is 3.82. The third-order valence-electron chi connectivity index (χ3n) is 5.71. The summed E-state index contributed by atoms with van der Waals surface area (Å²) in [6.07, 6.45) is 3.38. The Balaban J connectivity index is 1.27. The first-order chi connectivity index (χ1) is 16.0. The number of ether oxygens (including phenoxy) is 1. The number of carbonyl (C=O) groups is 2. The number of likely N-dealkylation sites (tertiary alicyclic amines) is 1. The summed E-state index contributed by atoms with van der Waals surface area (Å²) in [7, 11) is 0. The van der Waals surface area contributed by atoms with Crippen LogP contribution in [0.5, 0.6) is 5.75 Å². The first kappa shape index (κ1) is 22.6. The number of carbonyl (C=O) groups excluding carboxylic acids is 2. The topological polar surface area (TPSA) is 102 Å². The fourth-order valence-corrected chi connectivity index (χ4v) is 3.82. The number of nitrogens with zero attached hydrogens (tertiary/aromatic N) is 4. The van der Waals surface area contributed by atoms with Crippen LogP contribution in [0.1, 0.15) is 61.3 Å². The molecule has 0 atom stereocenters. The van der Waals surface area contributed by atoms with Gasteiger partial charge in [-0.1, -0.05) is 37.2 Å². The number of aromatic nitrogens is 3. The first-order valence-electron chi connectivity index (χ1n) is 11.3. The highest BCUT2D eigenvalue weighted by Gasteiger charge is 2.28. The van der Waals surface area contributed by atoms with Crippen LogP contribution < -0.4 is 10.1 Å². The SMILES string of the molecule is CC(C)c1cc(C(=O)N2CCC(n3nccc3NC(=O)CCOc3ccccc3)CC2)on1. The molecule has 1 fully saturated rings. The van der Waals surface area contributed by atoms with E-state index in [2.05, 4.69) is 15.6 Å². The average Bonchev–Trinajstić information content (AvgIpc) is 3.50. The summed E-state index contributed by atoms with van der Waals surface area (Å²) < 4.78 is 12.7. The molecule has 0 unspecified atom stereocenters. The summed E-state index contributed by atoms with van der Waals surface area (Å²) in [5.41, 5.74) is 0.777. The molecule has 9 heteroatoms. The van der Waals surface area contributed by atoms with Gasteiger partial charge >= 0.3 is 0 Å². The van der Waals surface area contributed by atoms with Crippen molar-refractivity contribution in [2.24, 2.45) is 0 Å². The van der Waals surface area contributed by atoms with Crippen molar-refractivity contribution in [2.45, 2.75) is 45.1 Å². The molecule has 2 aromatic heterocycles. The van der Waals surface area contributed by atoms with Crippen LogP contribution in [0.2, 0.25) is 0 Å². The van der Waals surface area contributed by atoms with E-state index in [0.29, 0.717) is 25.5 Å². The second-order valence-electron chi connectivity index (χ2n) is 8.41. The molecular weight excluding hydrogens is 422 g/mol. The second-order valence-corrected chi connectivity index (χ2v) is 8.41. The molecule has 1 aliphatic rings. The van der Waals surface area contributed by atoms with E-state index in [9.17, 15) is 9.59 Å². The van der Waals surface area contributed by atoms with Gasteiger partial charge in [-0.3, -0.25) is 9.59 Å². The second kappa shape index (κ2) is 10.3. The van der Waals surface area contributed by atoms with Crippen molar-refractivity contribution in [3.05, 3.63) is 60.1 Å². The molecule has 1 aromatic carbocycles. The molecule has 1 saturated heterocycles. The molecule has 0 radical (unpaired) electrons. The molecule has 3 heterocycles. The van der Waals surface area contributed by atoms with Crippen molar-refractivity contribution in [2.75, 3.05) is 25.0 Å². The molecule has 2 amide bonds. The number of amides is 2. The number of rotatable bonds is 8. The zero-order chi connectivity index (χ0) is 23.2. The van der Waals surface area contributed by atoms with E-state index in [1.165, 1.54) is 0 Å². The Morgan fingerprint density at radius 2 is 1.94 bits per heavy atom. The maximum atomic E-state index is 12.7. The Hall–Kier alpha value is -3.62. The standard InChI is InChI=1S/C24H29N5O4/c1-17(2)20-16-21(33-27-20)24(31)28-13-9-18(10-14-28)29-22(8-12-25-29)26-23(30)11-15-32-19-6-4-3-5-7-19/h3-8,12,16-18H,9-11,13-15H2,1-2H3,(H,26,30). The summed E-state index contributed by atoms with van der Waals surface area (Å²) in [5.74, 6) is 1.61. The van der Waals surface area contributed by atoms with E-state index < -0.39 is 0 Å². The van der Waals surface area contributed by atoms with Crippen molar-refractivity contribution < 1.29 is 18.8 Å². The molecule has 9 nitrogen and oxygen atoms in total. The number of benzene rings is 1. The highest BCUT2D eigenvalue weighted by molar-refractivity contribution is 5.91. The smallest absolute Gasteiger partial charge is 0.292 e. The van der Waals surface area contributed by atoms with Crippen LogP contribution in [0.4, 0.5) is 5.82 Å². The Morgan fingerprint density at radius 3 is 2.64 bits per heavy atom. The summed E-state index contributed by atoms with van der Waals surface area (Å²) >= 11 is 0. The normalized spacial score (nSPS) is 14.5. The minimum atomic E-state index is -0.139. The van der Waals surface area contributed by atoms with Crippen LogP contribution in [0.25, 0.3) is 0 Å². The molecule has 1 aliphatic heterocycles. The van der Waals surface area contributed by atoms with Gasteiger partial charge in [0.1, 0.15) is 11.6 Å². The van der Waals surface area contributed by atoms with Crippen molar-refractivity contribution in [3.63, 3.8) is 0 Å². The molecule has 0 aliphatic carbocycles. The maximum absolute atomic E-state index is 12.7. The maximum Gasteiger partial charge on any atom is 0.292 e. The Kier molecular flexibility index (Phi) is 7.07. The molecule has 1 N–H and O–H groups in total. The minimum absolute atomic E-state index is 0.0980. The van der Waals surface area contributed by atoms with Gasteiger partial charge in [-0.05, 0) is 30.9 Å². The van der Waals surface area contributed by atoms with Crippen molar-refractivity contribution >= 4 is 17.6 Å². The van der Waals surface area contributed by atoms with Gasteiger partial charge in [0.2, 0.25) is 11.7 Å². The van der Waals surface area contributed by atoms with Gasteiger partial charge in [0.05, 0.1) is 31.0 Å². The quantitative estimate of drug-likeness (QED) is 0.558. The summed E-state index contributed by atoms with van der Waals surface area (Å²) in [5, 5.41) is 11.3. The van der Waals surface area contributed by atoms with E-state index in [1.807, 2.05) is 48.9 Å². The molecule has 0 bridgehead atoms. The Bertz CT molecular complexity index is 1070. The summed E-state index contributed by atoms with van der Waals surface area (Å²) in [4.78, 5) is 26.9. The predicted octanol–water partition coefficient (Wildman–Crippen LogP) is 3.88. The zero-order valence-electron chi connectivity index (χ0n) is 18.9. The van der Waals surface area contributed by atoms with Crippen LogP contribution in [0.3, 0.4) is 0 Å². The van der Waals surface area contributed by atoms with Gasteiger partial charge in [-0.25, -0.2) is 4.68 Å². The van der Waals surface area contributed by atoms with Crippen molar-refractivity contribution in [1.29, 1.82) is 0 Å². The van der Waals surface area contributed by atoms with Gasteiger partial charge in [0.15, 0.2) is 0 Å². The number of hydrogen-bond donors (Lipinski definition) is 1. The van der Waals surface area contributed by atoms with Crippen molar-refractivity contribution in [1.82, 2.24) is 19.8 Å². The van der Waals surface area contributed by atoms with Crippen LogP contribution in [0, 0.1) is 0 Å². The average molecular weight is 452 g/mol. The summed E-state index contributed by atoms with van der Waals surface area (Å²) in [6.45, 7) is 5.48. The Morgan fingerprint density at radius 1 is 1.18 bits per heavy atom. The van der Waals surface area contributed by atoms with E-state index >= 15 is 0 Å². The van der Waals surface area contributed by atoms with Gasteiger partial charge in [0, 0.05) is 25.2 Å². The molecular formula is C24H29N5O4. The molecule has 3 aromatic rings. The van der Waals surface area contributed by atoms with Crippen molar-refractivity contribution in [3.8, 4) is 5.75 Å². The number of anilines is 1. The lowest BCUT2D eigenvalue weighted by molar-refractivity contribution is -0.116. The highest BCUT2D eigenvalue weighted by Crippen LogP contribution is 2.27. The number of nitrogens with one attached hydrogen (secondary N) is 1. The van der Waals surface area contributed by atoms with E-state index in [0.717, 1.165) is 24.3 Å². The Labute approximate surface area is 192 Å². The number of hydrogen-bond acceptors (Lipinski definition) is 6. The van der Waals surface area contributed by atoms with Crippen LogP contribution in [-0.2, 0) is 4.79 Å². The fraction of sp³-hybridized carbons (Fsp3) is 0.417. The minimum Gasteiger partial charge on any atom is -0.493 e. The van der Waals surface area contributed by atoms with Crippen LogP contribution >= 0.6 is 0 Å². The first-order valence-corrected chi connectivity index (χ1v) is 11.3. The van der Waals surface area contributed by atoms with Gasteiger partial charge < -0.3 is 19.5 Å². The zero-order valence-corrected chi connectivity index (χ0v) is 18.9. The van der Waals surface area contributed by atoms with Gasteiger partial charge in [0.25, 0.3) is 5.91 Å². The van der Waals surface area contributed by atoms with Gasteiger partial charge in [-0.15, -0.1) is 0 Å². The number of piperidine rings is 1. The van der Waals surface area contributed by atoms with Gasteiger partial charge in [-0.2, -0.15) is 5.10 Å². The van der Waals surface area contributed by atoms with E-state index in [-0.39, 0.29) is 36.0 Å². The summed E-state index contributed by atoms with van der Waals surface area (Å²) in [6, 6.07) is 13.0.